The molecule has 0 bridgehead atoms. The van der Waals surface area contributed by atoms with E-state index in [1.165, 1.54) is 19.1 Å². The molecule has 4 unspecified atom stereocenters. The zero-order chi connectivity index (χ0) is 24.5. The van der Waals surface area contributed by atoms with Gasteiger partial charge in [-0.2, -0.15) is 0 Å². The fourth-order valence-electron chi connectivity index (χ4n) is 2.71. The highest BCUT2D eigenvalue weighted by atomic mass is 16.6. The lowest BCUT2D eigenvalue weighted by Gasteiger charge is -2.29. The number of carbonyl (C=O) groups is 3. The molecule has 32 heavy (non-hydrogen) atoms. The number of nitrogens with zero attached hydrogens (tertiary/aromatic N) is 2. The first-order valence-electron chi connectivity index (χ1n) is 9.93. The molecule has 0 spiro atoms. The standard InChI is InChI=1S/C21H29N3O8/c1-6-17(23-13-26)16(9-22-12-25)18(7-2)24-21(29)32-15(10-30-19(27)8-3)11-31-20(28)14(4)5/h8,15-18H,3-4,6-7,9-11H2,1-2,5H3,(H,24,29). The minimum absolute atomic E-state index is 0.0252. The summed E-state index contributed by atoms with van der Waals surface area (Å²) in [6.45, 7) is 10.9. The summed E-state index contributed by atoms with van der Waals surface area (Å²) < 4.78 is 15.1. The Morgan fingerprint density at radius 3 is 2.25 bits per heavy atom. The number of aliphatic imine (C=N–C) groups is 2. The van der Waals surface area contributed by atoms with Crippen LogP contribution in [0.3, 0.4) is 0 Å². The fourth-order valence-corrected chi connectivity index (χ4v) is 2.71. The number of nitrogens with one attached hydrogen (secondary N) is 1. The third kappa shape index (κ3) is 11.0. The maximum Gasteiger partial charge on any atom is 0.407 e. The van der Waals surface area contributed by atoms with E-state index in [1.54, 1.807) is 13.8 Å². The molecule has 0 heterocycles. The van der Waals surface area contributed by atoms with Gasteiger partial charge in [-0.1, -0.05) is 27.0 Å². The van der Waals surface area contributed by atoms with Gasteiger partial charge in [0.15, 0.2) is 6.10 Å². The van der Waals surface area contributed by atoms with Gasteiger partial charge in [0, 0.05) is 23.6 Å². The van der Waals surface area contributed by atoms with E-state index in [0.29, 0.717) is 12.8 Å². The summed E-state index contributed by atoms with van der Waals surface area (Å²) in [4.78, 5) is 64.1. The van der Waals surface area contributed by atoms with Gasteiger partial charge in [0.2, 0.25) is 12.2 Å². The van der Waals surface area contributed by atoms with Crippen LogP contribution in [0.2, 0.25) is 0 Å². The highest BCUT2D eigenvalue weighted by molar-refractivity contribution is 5.87. The number of hydrogen-bond donors (Lipinski definition) is 1. The number of hydrogen-bond acceptors (Lipinski definition) is 10. The van der Waals surface area contributed by atoms with Crippen molar-refractivity contribution >= 4 is 30.2 Å². The summed E-state index contributed by atoms with van der Waals surface area (Å²) in [6.07, 6.45) is 2.69. The highest BCUT2D eigenvalue weighted by Gasteiger charge is 2.30. The van der Waals surface area contributed by atoms with E-state index in [9.17, 15) is 24.0 Å². The predicted octanol–water partition coefficient (Wildman–Crippen LogP) is 1.77. The van der Waals surface area contributed by atoms with Crippen LogP contribution in [0.4, 0.5) is 4.79 Å². The third-order valence-electron chi connectivity index (χ3n) is 4.36. The minimum Gasteiger partial charge on any atom is -0.458 e. The molecule has 4 atom stereocenters. The molecule has 0 radical (unpaired) electrons. The Labute approximate surface area is 186 Å². The SMILES string of the molecule is C=CC(=O)OCC(COC(=O)C(=C)C)OC(=O)NC(CC)C(CN=C=O)C(CC)N=C=O. The molecule has 176 valence electrons. The lowest BCUT2D eigenvalue weighted by atomic mass is 9.88. The molecule has 0 aliphatic rings. The van der Waals surface area contributed by atoms with Crippen LogP contribution in [0.25, 0.3) is 0 Å². The van der Waals surface area contributed by atoms with Gasteiger partial charge in [-0.05, 0) is 19.8 Å². The summed E-state index contributed by atoms with van der Waals surface area (Å²) in [7, 11) is 0. The highest BCUT2D eigenvalue weighted by Crippen LogP contribution is 2.19. The zero-order valence-electron chi connectivity index (χ0n) is 18.5. The van der Waals surface area contributed by atoms with Crippen LogP contribution >= 0.6 is 0 Å². The van der Waals surface area contributed by atoms with E-state index < -0.39 is 42.1 Å². The van der Waals surface area contributed by atoms with Crippen molar-refractivity contribution in [3.8, 4) is 0 Å². The number of esters is 2. The van der Waals surface area contributed by atoms with Crippen molar-refractivity contribution in [2.24, 2.45) is 15.9 Å². The van der Waals surface area contributed by atoms with Crippen LogP contribution in [0.15, 0.2) is 34.8 Å². The second kappa shape index (κ2) is 16.2. The van der Waals surface area contributed by atoms with Gasteiger partial charge >= 0.3 is 18.0 Å². The largest absolute Gasteiger partial charge is 0.458 e. The van der Waals surface area contributed by atoms with Crippen molar-refractivity contribution in [2.75, 3.05) is 19.8 Å². The van der Waals surface area contributed by atoms with Crippen LogP contribution in [-0.2, 0) is 33.4 Å². The second-order valence-corrected chi connectivity index (χ2v) is 6.69. The van der Waals surface area contributed by atoms with Gasteiger partial charge in [0.1, 0.15) is 13.2 Å². The maximum absolute atomic E-state index is 12.5. The smallest absolute Gasteiger partial charge is 0.407 e. The summed E-state index contributed by atoms with van der Waals surface area (Å²) >= 11 is 0. The van der Waals surface area contributed by atoms with Crippen molar-refractivity contribution in [1.82, 2.24) is 5.32 Å². The summed E-state index contributed by atoms with van der Waals surface area (Å²) in [5.41, 5.74) is 0.141. The monoisotopic (exact) mass is 451 g/mol. The Balaban J connectivity index is 5.37. The van der Waals surface area contributed by atoms with E-state index in [4.69, 9.17) is 14.2 Å². The lowest BCUT2D eigenvalue weighted by molar-refractivity contribution is -0.147. The molecule has 0 saturated heterocycles. The lowest BCUT2D eigenvalue weighted by Crippen LogP contribution is -2.47. The van der Waals surface area contributed by atoms with E-state index in [-0.39, 0.29) is 25.3 Å². The van der Waals surface area contributed by atoms with Crippen molar-refractivity contribution in [3.05, 3.63) is 24.8 Å². The molecule has 1 amide bonds. The third-order valence-corrected chi connectivity index (χ3v) is 4.36. The molecule has 0 aromatic rings. The van der Waals surface area contributed by atoms with Crippen molar-refractivity contribution < 1.29 is 38.2 Å². The Hall–Kier alpha value is -3.55. The number of ether oxygens (including phenoxy) is 3. The first-order valence-corrected chi connectivity index (χ1v) is 9.93. The molecule has 0 aliphatic heterocycles. The van der Waals surface area contributed by atoms with Gasteiger partial charge in [-0.15, -0.1) is 0 Å². The van der Waals surface area contributed by atoms with E-state index in [0.717, 1.165) is 6.08 Å². The first kappa shape index (κ1) is 28.5. The minimum atomic E-state index is -1.11. The number of isocyanates is 2. The Morgan fingerprint density at radius 2 is 1.75 bits per heavy atom. The molecular formula is C21H29N3O8. The molecule has 0 rings (SSSR count). The average Bonchev–Trinajstić information content (AvgIpc) is 2.78. The quantitative estimate of drug-likeness (QED) is 0.130. The molecule has 0 fully saturated rings. The second-order valence-electron chi connectivity index (χ2n) is 6.69. The number of alkyl carbamates (subject to hydrolysis) is 1. The molecular weight excluding hydrogens is 422 g/mol. The predicted molar refractivity (Wildman–Crippen MR) is 113 cm³/mol. The average molecular weight is 451 g/mol. The number of rotatable bonds is 15. The van der Waals surface area contributed by atoms with Crippen molar-refractivity contribution in [2.45, 2.75) is 51.8 Å². The van der Waals surface area contributed by atoms with Gasteiger partial charge in [0.05, 0.1) is 12.6 Å². The van der Waals surface area contributed by atoms with Crippen molar-refractivity contribution in [3.63, 3.8) is 0 Å². The van der Waals surface area contributed by atoms with Crippen molar-refractivity contribution in [1.29, 1.82) is 0 Å². The summed E-state index contributed by atoms with van der Waals surface area (Å²) in [5.74, 6) is -1.95. The van der Waals surface area contributed by atoms with Gasteiger partial charge in [0.25, 0.3) is 0 Å². The molecule has 0 saturated carbocycles. The van der Waals surface area contributed by atoms with Gasteiger partial charge in [-0.25, -0.2) is 34.0 Å². The normalized spacial score (nSPS) is 13.6. The zero-order valence-corrected chi connectivity index (χ0v) is 18.5. The molecule has 0 aromatic heterocycles. The van der Waals surface area contributed by atoms with E-state index >= 15 is 0 Å². The summed E-state index contributed by atoms with van der Waals surface area (Å²) in [6, 6.07) is -1.12. The summed E-state index contributed by atoms with van der Waals surface area (Å²) in [5, 5.41) is 2.63. The number of carbonyl (C=O) groups excluding carboxylic acids is 5. The Bertz CT molecular complexity index is 769. The number of amides is 1. The Morgan fingerprint density at radius 1 is 1.09 bits per heavy atom. The van der Waals surface area contributed by atoms with E-state index in [1.807, 2.05) is 0 Å². The van der Waals surface area contributed by atoms with Gasteiger partial charge in [-0.3, -0.25) is 0 Å². The molecule has 11 heteroatoms. The Kier molecular flexibility index (Phi) is 14.4. The van der Waals surface area contributed by atoms with Gasteiger partial charge < -0.3 is 19.5 Å². The van der Waals surface area contributed by atoms with Crippen LogP contribution in [0.1, 0.15) is 33.6 Å². The molecule has 0 aromatic carbocycles. The fraction of sp³-hybridized carbons (Fsp3) is 0.571. The molecule has 1 N–H and O–H groups in total. The van der Waals surface area contributed by atoms with Crippen LogP contribution in [0.5, 0.6) is 0 Å². The topological polar surface area (TPSA) is 150 Å². The van der Waals surface area contributed by atoms with E-state index in [2.05, 4.69) is 28.5 Å². The van der Waals surface area contributed by atoms with Crippen LogP contribution in [0, 0.1) is 5.92 Å². The van der Waals surface area contributed by atoms with Crippen LogP contribution in [-0.4, -0.2) is 68.1 Å². The molecule has 11 nitrogen and oxygen atoms in total. The maximum atomic E-state index is 12.5. The van der Waals surface area contributed by atoms with Crippen LogP contribution < -0.4 is 5.32 Å². The first-order chi connectivity index (χ1) is 15.2. The molecule has 0 aliphatic carbocycles.